The van der Waals surface area contributed by atoms with E-state index in [0.29, 0.717) is 12.5 Å². The van der Waals surface area contributed by atoms with Crippen LogP contribution in [-0.4, -0.2) is 34.8 Å². The number of para-hydroxylation sites is 1. The predicted octanol–water partition coefficient (Wildman–Crippen LogP) is 7.23. The molecule has 2 heterocycles. The Morgan fingerprint density at radius 1 is 0.909 bits per heavy atom. The lowest BCUT2D eigenvalue weighted by molar-refractivity contribution is 0.0394. The minimum absolute atomic E-state index is 0.659. The van der Waals surface area contributed by atoms with Crippen LogP contribution in [0.15, 0.2) is 48.5 Å². The van der Waals surface area contributed by atoms with Gasteiger partial charge in [-0.15, -0.1) is 0 Å². The second-order valence-corrected chi connectivity index (χ2v) is 10.8. The van der Waals surface area contributed by atoms with Crippen LogP contribution in [0.2, 0.25) is 0 Å². The Balaban J connectivity index is 1.28. The lowest BCUT2D eigenvalue weighted by Gasteiger charge is -2.38. The molecule has 2 nitrogen and oxygen atoms in total. The van der Waals surface area contributed by atoms with Gasteiger partial charge in [-0.25, -0.2) is 4.39 Å². The third-order valence-corrected chi connectivity index (χ3v) is 8.27. The van der Waals surface area contributed by atoms with E-state index < -0.39 is 5.67 Å². The molecule has 0 bridgehead atoms. The molecule has 1 saturated heterocycles. The third kappa shape index (κ3) is 5.04. The molecule has 3 heteroatoms. The zero-order chi connectivity index (χ0) is 22.8. The standard InChI is InChI=1S/C30H39FN2/c1-23-10-12-25(13-11-23)20-28-24(2)33(29-9-5-4-8-27(28)29)21-26-14-18-32(19-15-26)22-30(31)16-6-3-7-17-30/h4-5,8-13,26H,3,6-7,14-22H2,1-2H3. The molecule has 1 aromatic heterocycles. The molecule has 0 N–H and O–H groups in total. The molecule has 2 aromatic carbocycles. The van der Waals surface area contributed by atoms with Gasteiger partial charge in [0.15, 0.2) is 0 Å². The molecule has 2 aliphatic rings. The first-order chi connectivity index (χ1) is 16.0. The number of hydrogen-bond acceptors (Lipinski definition) is 1. The highest BCUT2D eigenvalue weighted by Crippen LogP contribution is 2.34. The van der Waals surface area contributed by atoms with E-state index in [0.717, 1.165) is 51.7 Å². The van der Waals surface area contributed by atoms with Gasteiger partial charge in [-0.3, -0.25) is 0 Å². The molecule has 33 heavy (non-hydrogen) atoms. The molecule has 176 valence electrons. The SMILES string of the molecule is Cc1ccc(Cc2c(C)n(CC3CCN(CC4(F)CCCCC4)CC3)c3ccccc23)cc1. The van der Waals surface area contributed by atoms with Gasteiger partial charge in [0.1, 0.15) is 5.67 Å². The van der Waals surface area contributed by atoms with Gasteiger partial charge in [-0.05, 0) is 82.2 Å². The number of nitrogens with zero attached hydrogens (tertiary/aromatic N) is 2. The molecular weight excluding hydrogens is 407 g/mol. The molecule has 5 rings (SSSR count). The highest BCUT2D eigenvalue weighted by Gasteiger charge is 2.34. The summed E-state index contributed by atoms with van der Waals surface area (Å²) in [7, 11) is 0. The van der Waals surface area contributed by atoms with E-state index in [9.17, 15) is 0 Å². The third-order valence-electron chi connectivity index (χ3n) is 8.27. The van der Waals surface area contributed by atoms with Gasteiger partial charge < -0.3 is 9.47 Å². The number of alkyl halides is 1. The van der Waals surface area contributed by atoms with Gasteiger partial charge >= 0.3 is 0 Å². The summed E-state index contributed by atoms with van der Waals surface area (Å²) in [6, 6.07) is 17.9. The number of likely N-dealkylation sites (tertiary alicyclic amines) is 1. The van der Waals surface area contributed by atoms with E-state index >= 15 is 4.39 Å². The van der Waals surface area contributed by atoms with E-state index in [-0.39, 0.29) is 0 Å². The number of aromatic nitrogens is 1. The number of hydrogen-bond donors (Lipinski definition) is 0. The van der Waals surface area contributed by atoms with Crippen molar-refractivity contribution >= 4 is 10.9 Å². The van der Waals surface area contributed by atoms with Crippen molar-refractivity contribution in [2.75, 3.05) is 19.6 Å². The van der Waals surface area contributed by atoms with Crippen molar-refractivity contribution in [3.8, 4) is 0 Å². The summed E-state index contributed by atoms with van der Waals surface area (Å²) in [5.74, 6) is 0.671. The van der Waals surface area contributed by atoms with Crippen LogP contribution in [0.25, 0.3) is 10.9 Å². The number of halogens is 1. The van der Waals surface area contributed by atoms with Crippen LogP contribution in [0.3, 0.4) is 0 Å². The van der Waals surface area contributed by atoms with Crippen LogP contribution in [-0.2, 0) is 13.0 Å². The van der Waals surface area contributed by atoms with Crippen molar-refractivity contribution in [3.63, 3.8) is 0 Å². The Hall–Kier alpha value is -2.13. The van der Waals surface area contributed by atoms with E-state index in [1.807, 2.05) is 0 Å². The van der Waals surface area contributed by atoms with Gasteiger partial charge in [0.25, 0.3) is 0 Å². The summed E-state index contributed by atoms with van der Waals surface area (Å²) in [5, 5.41) is 1.39. The Morgan fingerprint density at radius 3 is 2.33 bits per heavy atom. The number of fused-ring (bicyclic) bond motifs is 1. The fourth-order valence-corrected chi connectivity index (χ4v) is 6.20. The van der Waals surface area contributed by atoms with Crippen LogP contribution >= 0.6 is 0 Å². The van der Waals surface area contributed by atoms with Gasteiger partial charge in [0.05, 0.1) is 0 Å². The van der Waals surface area contributed by atoms with Crippen LogP contribution < -0.4 is 0 Å². The maximum Gasteiger partial charge on any atom is 0.123 e. The van der Waals surface area contributed by atoms with E-state index in [1.54, 1.807) is 0 Å². The Labute approximate surface area is 198 Å². The van der Waals surface area contributed by atoms with Crippen LogP contribution in [0.5, 0.6) is 0 Å². The molecule has 0 atom stereocenters. The summed E-state index contributed by atoms with van der Waals surface area (Å²) in [5.41, 5.74) is 6.00. The Morgan fingerprint density at radius 2 is 1.61 bits per heavy atom. The number of aryl methyl sites for hydroxylation is 1. The average molecular weight is 447 g/mol. The normalized spacial score (nSPS) is 19.8. The van der Waals surface area contributed by atoms with Crippen molar-refractivity contribution < 1.29 is 4.39 Å². The summed E-state index contributed by atoms with van der Waals surface area (Å²) in [4.78, 5) is 2.41. The molecule has 0 spiro atoms. The molecule has 2 fully saturated rings. The minimum Gasteiger partial charge on any atom is -0.344 e. The molecule has 0 amide bonds. The van der Waals surface area contributed by atoms with Crippen LogP contribution in [0.4, 0.5) is 4.39 Å². The Bertz CT molecular complexity index is 1070. The molecule has 0 radical (unpaired) electrons. The smallest absolute Gasteiger partial charge is 0.123 e. The Kier molecular flexibility index (Phi) is 6.60. The highest BCUT2D eigenvalue weighted by atomic mass is 19.1. The maximum absolute atomic E-state index is 15.2. The van der Waals surface area contributed by atoms with E-state index in [4.69, 9.17) is 0 Å². The van der Waals surface area contributed by atoms with Crippen LogP contribution in [0, 0.1) is 19.8 Å². The van der Waals surface area contributed by atoms with Gasteiger partial charge in [0, 0.05) is 29.7 Å². The van der Waals surface area contributed by atoms with Gasteiger partial charge in [0.2, 0.25) is 0 Å². The largest absolute Gasteiger partial charge is 0.344 e. The van der Waals surface area contributed by atoms with Crippen molar-refractivity contribution in [2.24, 2.45) is 5.92 Å². The quantitative estimate of drug-likeness (QED) is 0.388. The van der Waals surface area contributed by atoms with Crippen molar-refractivity contribution in [2.45, 2.75) is 77.4 Å². The van der Waals surface area contributed by atoms with Crippen molar-refractivity contribution in [1.82, 2.24) is 9.47 Å². The zero-order valence-electron chi connectivity index (χ0n) is 20.5. The van der Waals surface area contributed by atoms with E-state index in [2.05, 4.69) is 71.8 Å². The molecule has 1 saturated carbocycles. The number of piperidine rings is 1. The summed E-state index contributed by atoms with van der Waals surface area (Å²) >= 11 is 0. The lowest BCUT2D eigenvalue weighted by Crippen LogP contribution is -2.45. The summed E-state index contributed by atoms with van der Waals surface area (Å²) < 4.78 is 17.8. The average Bonchev–Trinajstić information content (AvgIpc) is 3.08. The summed E-state index contributed by atoms with van der Waals surface area (Å²) in [6.45, 7) is 8.28. The fraction of sp³-hybridized carbons (Fsp3) is 0.533. The van der Waals surface area contributed by atoms with Crippen LogP contribution in [0.1, 0.15) is 67.3 Å². The molecule has 1 aliphatic heterocycles. The molecule has 0 unspecified atom stereocenters. The van der Waals surface area contributed by atoms with Gasteiger partial charge in [-0.1, -0.05) is 67.3 Å². The van der Waals surface area contributed by atoms with Crippen molar-refractivity contribution in [1.29, 1.82) is 0 Å². The summed E-state index contributed by atoms with van der Waals surface area (Å²) in [6.07, 6.45) is 8.22. The first-order valence-electron chi connectivity index (χ1n) is 13.0. The lowest BCUT2D eigenvalue weighted by atomic mass is 9.85. The minimum atomic E-state index is -0.927. The van der Waals surface area contributed by atoms with Gasteiger partial charge in [-0.2, -0.15) is 0 Å². The second-order valence-electron chi connectivity index (χ2n) is 10.8. The molecule has 1 aliphatic carbocycles. The van der Waals surface area contributed by atoms with Crippen molar-refractivity contribution in [3.05, 3.63) is 70.9 Å². The van der Waals surface area contributed by atoms with E-state index in [1.165, 1.54) is 52.5 Å². The first-order valence-corrected chi connectivity index (χ1v) is 13.0. The second kappa shape index (κ2) is 9.62. The monoisotopic (exact) mass is 446 g/mol. The fourth-order valence-electron chi connectivity index (χ4n) is 6.20. The molecular formula is C30H39FN2. The number of benzene rings is 2. The number of rotatable bonds is 6. The molecule has 3 aromatic rings. The highest BCUT2D eigenvalue weighted by molar-refractivity contribution is 5.86. The predicted molar refractivity (Wildman–Crippen MR) is 137 cm³/mol. The first kappa shape index (κ1) is 22.7. The zero-order valence-corrected chi connectivity index (χ0v) is 20.5. The maximum atomic E-state index is 15.2. The topological polar surface area (TPSA) is 8.17 Å².